The molecule has 5 nitrogen and oxygen atoms in total. The van der Waals surface area contributed by atoms with Crippen molar-refractivity contribution in [3.63, 3.8) is 0 Å². The van der Waals surface area contributed by atoms with Crippen LogP contribution < -0.4 is 5.73 Å². The summed E-state index contributed by atoms with van der Waals surface area (Å²) in [7, 11) is 1.32. The molecule has 0 radical (unpaired) electrons. The predicted octanol–water partition coefficient (Wildman–Crippen LogP) is 0.673. The molecule has 1 atom stereocenters. The number of carbonyl (C=O) groups is 1. The van der Waals surface area contributed by atoms with Crippen LogP contribution in [0, 0.1) is 0 Å². The van der Waals surface area contributed by atoms with Crippen molar-refractivity contribution in [2.45, 2.75) is 12.5 Å². The fourth-order valence-corrected chi connectivity index (χ4v) is 1.67. The van der Waals surface area contributed by atoms with Gasteiger partial charge in [-0.05, 0) is 6.07 Å². The van der Waals surface area contributed by atoms with Crippen molar-refractivity contribution in [1.82, 2.24) is 9.97 Å². The number of fused-ring (bicyclic) bond motifs is 1. The number of ether oxygens (including phenoxy) is 1. The molecule has 0 aliphatic carbocycles. The Bertz CT molecular complexity index is 537. The van der Waals surface area contributed by atoms with Crippen LogP contribution in [0.3, 0.4) is 0 Å². The van der Waals surface area contributed by atoms with E-state index in [1.165, 1.54) is 13.4 Å². The van der Waals surface area contributed by atoms with E-state index < -0.39 is 12.0 Å². The van der Waals surface area contributed by atoms with E-state index in [1.807, 2.05) is 24.3 Å². The third kappa shape index (κ3) is 2.39. The zero-order chi connectivity index (χ0) is 12.3. The van der Waals surface area contributed by atoms with Gasteiger partial charge in [-0.1, -0.05) is 18.2 Å². The molecule has 2 N–H and O–H groups in total. The van der Waals surface area contributed by atoms with Crippen LogP contribution >= 0.6 is 0 Å². The maximum absolute atomic E-state index is 11.3. The molecule has 88 valence electrons. The molecule has 0 aliphatic rings. The van der Waals surface area contributed by atoms with Gasteiger partial charge < -0.3 is 10.5 Å². The number of hydrogen-bond acceptors (Lipinski definition) is 5. The number of hydrogen-bond donors (Lipinski definition) is 1. The predicted molar refractivity (Wildman–Crippen MR) is 63.2 cm³/mol. The normalized spacial score (nSPS) is 12.4. The van der Waals surface area contributed by atoms with Gasteiger partial charge in [0.2, 0.25) is 0 Å². The first-order chi connectivity index (χ1) is 8.22. The van der Waals surface area contributed by atoms with Crippen molar-refractivity contribution in [2.75, 3.05) is 7.11 Å². The summed E-state index contributed by atoms with van der Waals surface area (Å²) in [5, 5.41) is 0.911. The minimum absolute atomic E-state index is 0.343. The second-order valence-corrected chi connectivity index (χ2v) is 3.67. The molecular formula is C12H13N3O2. The third-order valence-corrected chi connectivity index (χ3v) is 2.54. The van der Waals surface area contributed by atoms with Crippen molar-refractivity contribution in [3.05, 3.63) is 36.3 Å². The van der Waals surface area contributed by atoms with E-state index in [0.717, 1.165) is 16.6 Å². The third-order valence-electron chi connectivity index (χ3n) is 2.54. The lowest BCUT2D eigenvalue weighted by molar-refractivity contribution is -0.142. The van der Waals surface area contributed by atoms with Crippen molar-refractivity contribution >= 4 is 16.9 Å². The molecule has 17 heavy (non-hydrogen) atoms. The van der Waals surface area contributed by atoms with Crippen molar-refractivity contribution < 1.29 is 9.53 Å². The van der Waals surface area contributed by atoms with Crippen LogP contribution in [0.2, 0.25) is 0 Å². The average Bonchev–Trinajstić information content (AvgIpc) is 2.38. The maximum Gasteiger partial charge on any atom is 0.323 e. The second kappa shape index (κ2) is 4.88. The first-order valence-corrected chi connectivity index (χ1v) is 5.24. The average molecular weight is 231 g/mol. The molecule has 5 heteroatoms. The lowest BCUT2D eigenvalue weighted by Crippen LogP contribution is -2.34. The Hall–Kier alpha value is -2.01. The van der Waals surface area contributed by atoms with Gasteiger partial charge in [-0.2, -0.15) is 0 Å². The molecule has 1 unspecified atom stereocenters. The first-order valence-electron chi connectivity index (χ1n) is 5.24. The number of nitrogens with zero attached hydrogens (tertiary/aromatic N) is 2. The van der Waals surface area contributed by atoms with Crippen LogP contribution in [-0.4, -0.2) is 29.1 Å². The van der Waals surface area contributed by atoms with E-state index in [-0.39, 0.29) is 0 Å². The fraction of sp³-hybridized carbons (Fsp3) is 0.250. The summed E-state index contributed by atoms with van der Waals surface area (Å²) in [6, 6.07) is 6.91. The van der Waals surface area contributed by atoms with Gasteiger partial charge in [0.25, 0.3) is 0 Å². The number of carbonyl (C=O) groups excluding carboxylic acids is 1. The molecule has 2 aromatic rings. The number of nitrogens with two attached hydrogens (primary N) is 1. The summed E-state index contributed by atoms with van der Waals surface area (Å²) in [6.07, 6.45) is 1.82. The molecule has 0 saturated heterocycles. The van der Waals surface area contributed by atoms with Gasteiger partial charge >= 0.3 is 5.97 Å². The first kappa shape index (κ1) is 11.5. The van der Waals surface area contributed by atoms with Gasteiger partial charge in [-0.15, -0.1) is 0 Å². The van der Waals surface area contributed by atoms with E-state index in [0.29, 0.717) is 6.42 Å². The number of esters is 1. The second-order valence-electron chi connectivity index (χ2n) is 3.67. The largest absolute Gasteiger partial charge is 0.468 e. The molecule has 0 bridgehead atoms. The van der Waals surface area contributed by atoms with Crippen molar-refractivity contribution in [1.29, 1.82) is 0 Å². The smallest absolute Gasteiger partial charge is 0.323 e. The van der Waals surface area contributed by atoms with Gasteiger partial charge in [-0.3, -0.25) is 4.79 Å². The summed E-state index contributed by atoms with van der Waals surface area (Å²) in [4.78, 5) is 19.6. The molecule has 0 amide bonds. The molecule has 1 aromatic heterocycles. The maximum atomic E-state index is 11.3. The van der Waals surface area contributed by atoms with E-state index in [1.54, 1.807) is 0 Å². The Morgan fingerprint density at radius 2 is 2.18 bits per heavy atom. The van der Waals surface area contributed by atoms with Crippen molar-refractivity contribution in [2.24, 2.45) is 5.73 Å². The minimum atomic E-state index is -0.696. The quantitative estimate of drug-likeness (QED) is 0.785. The molecule has 0 saturated carbocycles. The topological polar surface area (TPSA) is 78.1 Å². The lowest BCUT2D eigenvalue weighted by Gasteiger charge is -2.09. The summed E-state index contributed by atoms with van der Waals surface area (Å²) >= 11 is 0. The van der Waals surface area contributed by atoms with Gasteiger partial charge in [0.15, 0.2) is 0 Å². The number of rotatable bonds is 3. The SMILES string of the molecule is COC(=O)C(N)Cc1ncnc2ccccc12. The summed E-state index contributed by atoms with van der Waals surface area (Å²) in [5.74, 6) is -0.437. The van der Waals surface area contributed by atoms with Crippen LogP contribution in [0.5, 0.6) is 0 Å². The molecular weight excluding hydrogens is 218 g/mol. The minimum Gasteiger partial charge on any atom is -0.468 e. The zero-order valence-electron chi connectivity index (χ0n) is 9.46. The molecule has 0 fully saturated rings. The Labute approximate surface area is 98.6 Å². The Kier molecular flexibility index (Phi) is 3.30. The molecule has 2 rings (SSSR count). The summed E-state index contributed by atoms with van der Waals surface area (Å²) in [5.41, 5.74) is 7.32. The number of benzene rings is 1. The van der Waals surface area contributed by atoms with Crippen LogP contribution in [0.25, 0.3) is 10.9 Å². The zero-order valence-corrected chi connectivity index (χ0v) is 9.46. The van der Waals surface area contributed by atoms with E-state index in [4.69, 9.17) is 5.73 Å². The highest BCUT2D eigenvalue weighted by atomic mass is 16.5. The highest BCUT2D eigenvalue weighted by Crippen LogP contribution is 2.15. The molecule has 1 aromatic carbocycles. The van der Waals surface area contributed by atoms with E-state index in [2.05, 4.69) is 14.7 Å². The Morgan fingerprint density at radius 1 is 1.41 bits per heavy atom. The summed E-state index contributed by atoms with van der Waals surface area (Å²) < 4.78 is 4.59. The Balaban J connectivity index is 2.33. The highest BCUT2D eigenvalue weighted by molar-refractivity contribution is 5.82. The fourth-order valence-electron chi connectivity index (χ4n) is 1.67. The molecule has 0 aliphatic heterocycles. The highest BCUT2D eigenvalue weighted by Gasteiger charge is 2.16. The number of para-hydroxylation sites is 1. The van der Waals surface area contributed by atoms with E-state index in [9.17, 15) is 4.79 Å². The molecule has 0 spiro atoms. The monoisotopic (exact) mass is 231 g/mol. The standard InChI is InChI=1S/C12H13N3O2/c1-17-12(16)9(13)6-11-8-4-2-3-5-10(8)14-7-15-11/h2-5,7,9H,6,13H2,1H3. The summed E-state index contributed by atoms with van der Waals surface area (Å²) in [6.45, 7) is 0. The van der Waals surface area contributed by atoms with Gasteiger partial charge in [0, 0.05) is 11.8 Å². The van der Waals surface area contributed by atoms with Crippen LogP contribution in [0.15, 0.2) is 30.6 Å². The van der Waals surface area contributed by atoms with Crippen LogP contribution in [0.4, 0.5) is 0 Å². The van der Waals surface area contributed by atoms with Crippen molar-refractivity contribution in [3.8, 4) is 0 Å². The Morgan fingerprint density at radius 3 is 2.94 bits per heavy atom. The lowest BCUT2D eigenvalue weighted by atomic mass is 10.1. The van der Waals surface area contributed by atoms with Gasteiger partial charge in [0.1, 0.15) is 12.4 Å². The molecule has 1 heterocycles. The van der Waals surface area contributed by atoms with Crippen LogP contribution in [-0.2, 0) is 16.0 Å². The van der Waals surface area contributed by atoms with Gasteiger partial charge in [-0.25, -0.2) is 9.97 Å². The number of aromatic nitrogens is 2. The van der Waals surface area contributed by atoms with Gasteiger partial charge in [0.05, 0.1) is 18.3 Å². The number of methoxy groups -OCH3 is 1. The van der Waals surface area contributed by atoms with E-state index >= 15 is 0 Å². The van der Waals surface area contributed by atoms with Crippen LogP contribution in [0.1, 0.15) is 5.69 Å².